The topological polar surface area (TPSA) is 52.6 Å². The summed E-state index contributed by atoms with van der Waals surface area (Å²) < 4.78 is 0. The number of carbonyl (C=O) groups excluding carboxylic acids is 1. The molecule has 0 heterocycles. The molecule has 0 aliphatic carbocycles. The third kappa shape index (κ3) is 2.89. The molecule has 1 unspecified atom stereocenters. The average molecular weight is 222 g/mol. The Hall–Kier alpha value is -1.71. The van der Waals surface area contributed by atoms with Crippen molar-refractivity contribution in [1.29, 1.82) is 0 Å². The van der Waals surface area contributed by atoms with Crippen LogP contribution in [0, 0.1) is 0 Å². The molecule has 4 heteroatoms. The largest absolute Gasteiger partial charge is 0.508 e. The highest BCUT2D eigenvalue weighted by Crippen LogP contribution is 2.20. The molecule has 0 aromatic heterocycles. The number of hydrogen-bond acceptors (Lipinski definition) is 2. The SMILES string of the molecule is CCNC(=O)N(C)C(C)c1ccc(O)cc1. The molecule has 4 nitrogen and oxygen atoms in total. The van der Waals surface area contributed by atoms with Crippen molar-refractivity contribution in [3.8, 4) is 5.75 Å². The van der Waals surface area contributed by atoms with Crippen LogP contribution in [0.4, 0.5) is 4.79 Å². The Labute approximate surface area is 95.9 Å². The monoisotopic (exact) mass is 222 g/mol. The maximum Gasteiger partial charge on any atom is 0.317 e. The van der Waals surface area contributed by atoms with Crippen molar-refractivity contribution in [2.75, 3.05) is 13.6 Å². The van der Waals surface area contributed by atoms with E-state index in [9.17, 15) is 9.90 Å². The van der Waals surface area contributed by atoms with Crippen molar-refractivity contribution in [3.05, 3.63) is 29.8 Å². The molecule has 0 saturated carbocycles. The van der Waals surface area contributed by atoms with Gasteiger partial charge in [-0.2, -0.15) is 0 Å². The van der Waals surface area contributed by atoms with Gasteiger partial charge in [0.05, 0.1) is 6.04 Å². The standard InChI is InChI=1S/C12H18N2O2/c1-4-13-12(16)14(3)9(2)10-5-7-11(15)8-6-10/h5-9,15H,4H2,1-3H3,(H,13,16). The lowest BCUT2D eigenvalue weighted by atomic mass is 10.1. The molecule has 0 bridgehead atoms. The van der Waals surface area contributed by atoms with E-state index in [1.807, 2.05) is 26.0 Å². The van der Waals surface area contributed by atoms with E-state index in [2.05, 4.69) is 5.32 Å². The first-order valence-electron chi connectivity index (χ1n) is 5.35. The summed E-state index contributed by atoms with van der Waals surface area (Å²) in [6, 6.07) is 6.76. The predicted molar refractivity (Wildman–Crippen MR) is 63.4 cm³/mol. The highest BCUT2D eigenvalue weighted by Gasteiger charge is 2.16. The number of amides is 2. The second-order valence-corrected chi connectivity index (χ2v) is 3.71. The number of benzene rings is 1. The Bertz CT molecular complexity index is 349. The molecule has 2 N–H and O–H groups in total. The van der Waals surface area contributed by atoms with Crippen molar-refractivity contribution in [2.24, 2.45) is 0 Å². The molecule has 1 aromatic rings. The number of phenols is 1. The number of urea groups is 1. The molecule has 0 fully saturated rings. The zero-order valence-electron chi connectivity index (χ0n) is 9.90. The minimum atomic E-state index is -0.0944. The number of rotatable bonds is 3. The molecule has 0 spiro atoms. The van der Waals surface area contributed by atoms with Gasteiger partial charge in [0.1, 0.15) is 5.75 Å². The molecule has 0 saturated heterocycles. The van der Waals surface area contributed by atoms with E-state index in [-0.39, 0.29) is 17.8 Å². The Morgan fingerprint density at radius 1 is 1.44 bits per heavy atom. The lowest BCUT2D eigenvalue weighted by molar-refractivity contribution is 0.195. The van der Waals surface area contributed by atoms with Crippen molar-refractivity contribution < 1.29 is 9.90 Å². The maximum atomic E-state index is 11.6. The van der Waals surface area contributed by atoms with E-state index in [0.29, 0.717) is 6.54 Å². The fraction of sp³-hybridized carbons (Fsp3) is 0.417. The lowest BCUT2D eigenvalue weighted by Crippen LogP contribution is -2.38. The Kier molecular flexibility index (Phi) is 4.17. The van der Waals surface area contributed by atoms with Crippen molar-refractivity contribution in [2.45, 2.75) is 19.9 Å². The zero-order valence-corrected chi connectivity index (χ0v) is 9.90. The van der Waals surface area contributed by atoms with E-state index >= 15 is 0 Å². The van der Waals surface area contributed by atoms with Gasteiger partial charge in [0, 0.05) is 13.6 Å². The lowest BCUT2D eigenvalue weighted by Gasteiger charge is -2.25. The molecule has 1 aromatic carbocycles. The molecule has 0 aliphatic heterocycles. The molecular weight excluding hydrogens is 204 g/mol. The second-order valence-electron chi connectivity index (χ2n) is 3.71. The molecule has 88 valence electrons. The van der Waals surface area contributed by atoms with Gasteiger partial charge in [-0.05, 0) is 31.5 Å². The third-order valence-corrected chi connectivity index (χ3v) is 2.60. The number of carbonyl (C=O) groups is 1. The first-order chi connectivity index (χ1) is 7.56. The summed E-state index contributed by atoms with van der Waals surface area (Å²) in [7, 11) is 1.75. The van der Waals surface area contributed by atoms with Crippen LogP contribution in [0.2, 0.25) is 0 Å². The quantitative estimate of drug-likeness (QED) is 0.823. The summed E-state index contributed by atoms with van der Waals surface area (Å²) >= 11 is 0. The van der Waals surface area contributed by atoms with Crippen molar-refractivity contribution in [1.82, 2.24) is 10.2 Å². The smallest absolute Gasteiger partial charge is 0.317 e. The average Bonchev–Trinajstić information content (AvgIpc) is 2.28. The molecular formula is C12H18N2O2. The maximum absolute atomic E-state index is 11.6. The van der Waals surface area contributed by atoms with Crippen molar-refractivity contribution in [3.63, 3.8) is 0 Å². The highest BCUT2D eigenvalue weighted by molar-refractivity contribution is 5.74. The predicted octanol–water partition coefficient (Wildman–Crippen LogP) is 2.11. The van der Waals surface area contributed by atoms with Gasteiger partial charge in [-0.1, -0.05) is 12.1 Å². The second kappa shape index (κ2) is 5.39. The zero-order chi connectivity index (χ0) is 12.1. The molecule has 1 atom stereocenters. The van der Waals surface area contributed by atoms with E-state index in [0.717, 1.165) is 5.56 Å². The summed E-state index contributed by atoms with van der Waals surface area (Å²) in [6.07, 6.45) is 0. The van der Waals surface area contributed by atoms with Gasteiger partial charge < -0.3 is 15.3 Å². The van der Waals surface area contributed by atoms with Crippen LogP contribution < -0.4 is 5.32 Å². The van der Waals surface area contributed by atoms with Gasteiger partial charge in [0.25, 0.3) is 0 Å². The minimum absolute atomic E-state index is 0.0212. The van der Waals surface area contributed by atoms with Crippen LogP contribution >= 0.6 is 0 Å². The van der Waals surface area contributed by atoms with E-state index < -0.39 is 0 Å². The molecule has 0 aliphatic rings. The molecule has 16 heavy (non-hydrogen) atoms. The minimum Gasteiger partial charge on any atom is -0.508 e. The summed E-state index contributed by atoms with van der Waals surface area (Å²) in [5, 5.41) is 11.9. The normalized spacial score (nSPS) is 11.9. The fourth-order valence-corrected chi connectivity index (χ4v) is 1.43. The van der Waals surface area contributed by atoms with Gasteiger partial charge in [-0.25, -0.2) is 4.79 Å². The van der Waals surface area contributed by atoms with Crippen LogP contribution in [0.3, 0.4) is 0 Å². The Balaban J connectivity index is 2.73. The summed E-state index contributed by atoms with van der Waals surface area (Å²) in [5.41, 5.74) is 0.992. The third-order valence-electron chi connectivity index (χ3n) is 2.60. The van der Waals surface area contributed by atoms with Crippen LogP contribution in [0.15, 0.2) is 24.3 Å². The van der Waals surface area contributed by atoms with Crippen LogP contribution in [0.25, 0.3) is 0 Å². The van der Waals surface area contributed by atoms with Crippen LogP contribution in [-0.2, 0) is 0 Å². The molecule has 1 rings (SSSR count). The Morgan fingerprint density at radius 3 is 2.50 bits per heavy atom. The van der Waals surface area contributed by atoms with E-state index in [1.165, 1.54) is 0 Å². The van der Waals surface area contributed by atoms with E-state index in [4.69, 9.17) is 0 Å². The first kappa shape index (κ1) is 12.4. The number of nitrogens with zero attached hydrogens (tertiary/aromatic N) is 1. The molecule has 0 radical (unpaired) electrons. The summed E-state index contributed by atoms with van der Waals surface area (Å²) in [6.45, 7) is 4.45. The highest BCUT2D eigenvalue weighted by atomic mass is 16.3. The van der Waals surface area contributed by atoms with Crippen LogP contribution in [0.1, 0.15) is 25.5 Å². The van der Waals surface area contributed by atoms with Crippen molar-refractivity contribution >= 4 is 6.03 Å². The molecule has 2 amide bonds. The summed E-state index contributed by atoms with van der Waals surface area (Å²) in [4.78, 5) is 13.2. The summed E-state index contributed by atoms with van der Waals surface area (Å²) in [5.74, 6) is 0.233. The van der Waals surface area contributed by atoms with Gasteiger partial charge in [-0.15, -0.1) is 0 Å². The Morgan fingerprint density at radius 2 is 2.00 bits per heavy atom. The fourth-order valence-electron chi connectivity index (χ4n) is 1.43. The van der Waals surface area contributed by atoms with Gasteiger partial charge in [0.2, 0.25) is 0 Å². The number of nitrogens with one attached hydrogen (secondary N) is 1. The van der Waals surface area contributed by atoms with Gasteiger partial charge in [-0.3, -0.25) is 0 Å². The number of phenolic OH excluding ortho intramolecular Hbond substituents is 1. The van der Waals surface area contributed by atoms with Gasteiger partial charge >= 0.3 is 6.03 Å². The van der Waals surface area contributed by atoms with Gasteiger partial charge in [0.15, 0.2) is 0 Å². The first-order valence-corrected chi connectivity index (χ1v) is 5.35. The van der Waals surface area contributed by atoms with Crippen LogP contribution in [-0.4, -0.2) is 29.6 Å². The number of aromatic hydroxyl groups is 1. The van der Waals surface area contributed by atoms with E-state index in [1.54, 1.807) is 24.1 Å². The van der Waals surface area contributed by atoms with Crippen LogP contribution in [0.5, 0.6) is 5.75 Å². The number of hydrogen-bond donors (Lipinski definition) is 2.